The van der Waals surface area contributed by atoms with Gasteiger partial charge >= 0.3 is 5.97 Å². The lowest BCUT2D eigenvalue weighted by Crippen LogP contribution is -2.28. The number of nitrogens with one attached hydrogen (secondary N) is 1. The van der Waals surface area contributed by atoms with Crippen LogP contribution in [0.15, 0.2) is 78.9 Å². The molecule has 0 atom stereocenters. The molecule has 6 heteroatoms. The van der Waals surface area contributed by atoms with Gasteiger partial charge in [-0.3, -0.25) is 4.79 Å². The molecular weight excluding hydrogens is 370 g/mol. The number of carbonyl (C=O) groups is 2. The van der Waals surface area contributed by atoms with Gasteiger partial charge in [0.05, 0.1) is 12.7 Å². The Balaban J connectivity index is 1.42. The van der Waals surface area contributed by atoms with Crippen LogP contribution in [-0.4, -0.2) is 25.6 Å². The Morgan fingerprint density at radius 1 is 0.793 bits per heavy atom. The van der Waals surface area contributed by atoms with Gasteiger partial charge in [0.15, 0.2) is 6.61 Å². The van der Waals surface area contributed by atoms with E-state index in [4.69, 9.17) is 9.47 Å². The van der Waals surface area contributed by atoms with Crippen LogP contribution in [0.1, 0.15) is 15.9 Å². The predicted octanol–water partition coefficient (Wildman–Crippen LogP) is 3.96. The normalized spacial score (nSPS) is 10.1. The van der Waals surface area contributed by atoms with Gasteiger partial charge in [0.2, 0.25) is 0 Å². The standard InChI is InChI=1S/C23H21NO5/c1-27-23(26)18-9-7-17(8-10-18)15-24-22(25)16-28-19-11-13-21(14-12-19)29-20-5-3-2-4-6-20/h2-14H,15-16H2,1H3,(H,24,25). The van der Waals surface area contributed by atoms with Crippen molar-refractivity contribution >= 4 is 11.9 Å². The zero-order valence-electron chi connectivity index (χ0n) is 16.0. The van der Waals surface area contributed by atoms with Gasteiger partial charge in [-0.2, -0.15) is 0 Å². The minimum absolute atomic E-state index is 0.0981. The van der Waals surface area contributed by atoms with E-state index >= 15 is 0 Å². The van der Waals surface area contributed by atoms with Crippen LogP contribution < -0.4 is 14.8 Å². The van der Waals surface area contributed by atoms with Crippen molar-refractivity contribution in [3.8, 4) is 17.2 Å². The van der Waals surface area contributed by atoms with Crippen LogP contribution in [0.25, 0.3) is 0 Å². The maximum Gasteiger partial charge on any atom is 0.337 e. The molecule has 3 aromatic rings. The minimum Gasteiger partial charge on any atom is -0.484 e. The second-order valence-electron chi connectivity index (χ2n) is 6.14. The lowest BCUT2D eigenvalue weighted by molar-refractivity contribution is -0.123. The van der Waals surface area contributed by atoms with Crippen LogP contribution in [0.2, 0.25) is 0 Å². The fourth-order valence-corrected chi connectivity index (χ4v) is 2.51. The molecule has 0 spiro atoms. The van der Waals surface area contributed by atoms with Crippen LogP contribution in [0.3, 0.4) is 0 Å². The van der Waals surface area contributed by atoms with Crippen molar-refractivity contribution in [2.24, 2.45) is 0 Å². The Bertz CT molecular complexity index is 937. The van der Waals surface area contributed by atoms with Gasteiger partial charge in [-0.25, -0.2) is 4.79 Å². The number of hydrogen-bond acceptors (Lipinski definition) is 5. The molecule has 3 rings (SSSR count). The topological polar surface area (TPSA) is 73.9 Å². The van der Waals surface area contributed by atoms with Gasteiger partial charge in [-0.1, -0.05) is 30.3 Å². The predicted molar refractivity (Wildman–Crippen MR) is 108 cm³/mol. The molecule has 0 unspecified atom stereocenters. The molecule has 0 saturated heterocycles. The average Bonchev–Trinajstić information content (AvgIpc) is 2.77. The second-order valence-corrected chi connectivity index (χ2v) is 6.14. The van der Waals surface area contributed by atoms with Crippen molar-refractivity contribution < 1.29 is 23.8 Å². The number of ether oxygens (including phenoxy) is 3. The van der Waals surface area contributed by atoms with E-state index in [0.717, 1.165) is 11.3 Å². The third-order valence-electron chi connectivity index (χ3n) is 4.04. The van der Waals surface area contributed by atoms with Gasteiger partial charge in [0, 0.05) is 6.54 Å². The summed E-state index contributed by atoms with van der Waals surface area (Å²) in [6, 6.07) is 23.4. The highest BCUT2D eigenvalue weighted by atomic mass is 16.5. The van der Waals surface area contributed by atoms with Gasteiger partial charge < -0.3 is 19.5 Å². The monoisotopic (exact) mass is 391 g/mol. The molecule has 0 bridgehead atoms. The molecule has 1 amide bonds. The zero-order valence-corrected chi connectivity index (χ0v) is 16.0. The highest BCUT2D eigenvalue weighted by Crippen LogP contribution is 2.23. The SMILES string of the molecule is COC(=O)c1ccc(CNC(=O)COc2ccc(Oc3ccccc3)cc2)cc1. The molecule has 0 fully saturated rings. The largest absolute Gasteiger partial charge is 0.484 e. The van der Waals surface area contributed by atoms with Crippen LogP contribution in [0, 0.1) is 0 Å². The fraction of sp³-hybridized carbons (Fsp3) is 0.130. The number of benzene rings is 3. The third kappa shape index (κ3) is 6.10. The molecule has 0 heterocycles. The summed E-state index contributed by atoms with van der Waals surface area (Å²) < 4.78 is 15.9. The molecule has 0 aliphatic carbocycles. The Hall–Kier alpha value is -3.80. The van der Waals surface area contributed by atoms with Crippen molar-refractivity contribution in [1.29, 1.82) is 0 Å². The van der Waals surface area contributed by atoms with Crippen molar-refractivity contribution in [3.63, 3.8) is 0 Å². The number of carbonyl (C=O) groups excluding carboxylic acids is 2. The molecule has 148 valence electrons. The molecule has 6 nitrogen and oxygen atoms in total. The summed E-state index contributed by atoms with van der Waals surface area (Å²) in [5, 5.41) is 2.77. The molecule has 0 saturated carbocycles. The first-order valence-corrected chi connectivity index (χ1v) is 9.04. The van der Waals surface area contributed by atoms with Gasteiger partial charge in [-0.15, -0.1) is 0 Å². The molecule has 29 heavy (non-hydrogen) atoms. The van der Waals surface area contributed by atoms with Gasteiger partial charge in [0.1, 0.15) is 17.2 Å². The highest BCUT2D eigenvalue weighted by molar-refractivity contribution is 5.89. The summed E-state index contributed by atoms with van der Waals surface area (Å²) in [5.74, 6) is 1.37. The van der Waals surface area contributed by atoms with E-state index in [1.54, 1.807) is 48.5 Å². The molecule has 1 N–H and O–H groups in total. The number of para-hydroxylation sites is 1. The van der Waals surface area contributed by atoms with E-state index < -0.39 is 5.97 Å². The van der Waals surface area contributed by atoms with Gasteiger partial charge in [-0.05, 0) is 54.1 Å². The molecule has 0 aliphatic rings. The summed E-state index contributed by atoms with van der Waals surface area (Å²) in [4.78, 5) is 23.4. The number of amides is 1. The summed E-state index contributed by atoms with van der Waals surface area (Å²) in [7, 11) is 1.33. The number of methoxy groups -OCH3 is 1. The number of hydrogen-bond donors (Lipinski definition) is 1. The third-order valence-corrected chi connectivity index (χ3v) is 4.04. The first-order chi connectivity index (χ1) is 14.1. The average molecular weight is 391 g/mol. The number of rotatable bonds is 8. The van der Waals surface area contributed by atoms with Crippen molar-refractivity contribution in [3.05, 3.63) is 90.0 Å². The van der Waals surface area contributed by atoms with Crippen LogP contribution >= 0.6 is 0 Å². The molecule has 0 radical (unpaired) electrons. The molecule has 3 aromatic carbocycles. The summed E-state index contributed by atoms with van der Waals surface area (Å²) in [6.45, 7) is 0.243. The maximum atomic E-state index is 12.0. The fourth-order valence-electron chi connectivity index (χ4n) is 2.51. The Labute approximate surface area is 169 Å². The first-order valence-electron chi connectivity index (χ1n) is 9.04. The van der Waals surface area contributed by atoms with Crippen LogP contribution in [-0.2, 0) is 16.1 Å². The van der Waals surface area contributed by atoms with Crippen molar-refractivity contribution in [1.82, 2.24) is 5.32 Å². The summed E-state index contributed by atoms with van der Waals surface area (Å²) in [6.07, 6.45) is 0. The number of esters is 1. The molecule has 0 aromatic heterocycles. The van der Waals surface area contributed by atoms with E-state index in [1.165, 1.54) is 7.11 Å². The molecule has 0 aliphatic heterocycles. The van der Waals surface area contributed by atoms with E-state index in [0.29, 0.717) is 23.6 Å². The minimum atomic E-state index is -0.394. The zero-order chi connectivity index (χ0) is 20.5. The Morgan fingerprint density at radius 3 is 2.07 bits per heavy atom. The first kappa shape index (κ1) is 19.9. The lowest BCUT2D eigenvalue weighted by atomic mass is 10.1. The Kier molecular flexibility index (Phi) is 6.84. The maximum absolute atomic E-state index is 12.0. The summed E-state index contributed by atoms with van der Waals surface area (Å²) in [5.41, 5.74) is 1.33. The van der Waals surface area contributed by atoms with Crippen molar-refractivity contribution in [2.75, 3.05) is 13.7 Å². The smallest absolute Gasteiger partial charge is 0.337 e. The lowest BCUT2D eigenvalue weighted by Gasteiger charge is -2.09. The van der Waals surface area contributed by atoms with Gasteiger partial charge in [0.25, 0.3) is 5.91 Å². The van der Waals surface area contributed by atoms with Crippen LogP contribution in [0.5, 0.6) is 17.2 Å². The van der Waals surface area contributed by atoms with E-state index in [9.17, 15) is 9.59 Å². The highest BCUT2D eigenvalue weighted by Gasteiger charge is 2.06. The van der Waals surface area contributed by atoms with E-state index in [1.807, 2.05) is 30.3 Å². The Morgan fingerprint density at radius 2 is 1.41 bits per heavy atom. The van der Waals surface area contributed by atoms with Crippen molar-refractivity contribution in [2.45, 2.75) is 6.54 Å². The van der Waals surface area contributed by atoms with Crippen LogP contribution in [0.4, 0.5) is 0 Å². The molecular formula is C23H21NO5. The van der Waals surface area contributed by atoms with E-state index in [-0.39, 0.29) is 12.5 Å². The van der Waals surface area contributed by atoms with E-state index in [2.05, 4.69) is 10.1 Å². The quantitative estimate of drug-likeness (QED) is 0.589. The second kappa shape index (κ2) is 9.94. The summed E-state index contributed by atoms with van der Waals surface area (Å²) >= 11 is 0.